The van der Waals surface area contributed by atoms with E-state index in [4.69, 9.17) is 4.74 Å². The third-order valence-corrected chi connectivity index (χ3v) is 5.39. The van der Waals surface area contributed by atoms with E-state index >= 15 is 0 Å². The van der Waals surface area contributed by atoms with E-state index in [1.54, 1.807) is 32.9 Å². The van der Waals surface area contributed by atoms with Gasteiger partial charge < -0.3 is 9.64 Å². The third-order valence-electron chi connectivity index (χ3n) is 3.90. The van der Waals surface area contributed by atoms with Crippen LogP contribution in [0.4, 0.5) is 5.69 Å². The van der Waals surface area contributed by atoms with Crippen molar-refractivity contribution in [2.24, 2.45) is 5.41 Å². The molecule has 0 amide bonds. The number of carbonyl (C=O) groups is 1. The normalized spacial score (nSPS) is 22.9. The van der Waals surface area contributed by atoms with Crippen LogP contribution in [-0.4, -0.2) is 27.1 Å². The second kappa shape index (κ2) is 4.96. The van der Waals surface area contributed by atoms with E-state index in [-0.39, 0.29) is 16.8 Å². The highest BCUT2D eigenvalue weighted by Gasteiger charge is 2.38. The molecule has 0 aliphatic carbocycles. The van der Waals surface area contributed by atoms with Gasteiger partial charge in [0.05, 0.1) is 17.3 Å². The van der Waals surface area contributed by atoms with Gasteiger partial charge in [-0.25, -0.2) is 8.42 Å². The van der Waals surface area contributed by atoms with Gasteiger partial charge in [-0.15, -0.1) is 0 Å². The summed E-state index contributed by atoms with van der Waals surface area (Å²) in [4.78, 5) is 14.2. The Hall–Kier alpha value is -1.60. The van der Waals surface area contributed by atoms with E-state index in [2.05, 4.69) is 4.72 Å². The molecule has 120 valence electrons. The van der Waals surface area contributed by atoms with Crippen molar-refractivity contribution >= 4 is 21.7 Å². The lowest BCUT2D eigenvalue weighted by Gasteiger charge is -2.34. The molecule has 6 nitrogen and oxygen atoms in total. The van der Waals surface area contributed by atoms with Crippen molar-refractivity contribution in [2.75, 3.05) is 11.4 Å². The smallest absolute Gasteiger partial charge is 0.316 e. The maximum atomic E-state index is 12.4. The van der Waals surface area contributed by atoms with Gasteiger partial charge in [0.1, 0.15) is 10.6 Å². The molecule has 22 heavy (non-hydrogen) atoms. The van der Waals surface area contributed by atoms with E-state index in [1.807, 2.05) is 4.90 Å². The summed E-state index contributed by atoms with van der Waals surface area (Å²) < 4.78 is 32.7. The third kappa shape index (κ3) is 2.59. The summed E-state index contributed by atoms with van der Waals surface area (Å²) in [6, 6.07) is 4.80. The average molecular weight is 324 g/mol. The molecule has 0 aromatic heterocycles. The Bertz CT molecular complexity index is 722. The van der Waals surface area contributed by atoms with Crippen LogP contribution in [0.5, 0.6) is 5.75 Å². The molecule has 1 aromatic rings. The first-order valence-electron chi connectivity index (χ1n) is 7.34. The largest absolute Gasteiger partial charge is 0.426 e. The van der Waals surface area contributed by atoms with Crippen LogP contribution in [0.1, 0.15) is 33.6 Å². The molecule has 2 aliphatic heterocycles. The highest BCUT2D eigenvalue weighted by molar-refractivity contribution is 7.89. The second-order valence-electron chi connectivity index (χ2n) is 6.74. The molecule has 2 heterocycles. The molecule has 1 aromatic carbocycles. The van der Waals surface area contributed by atoms with Crippen LogP contribution in [0.3, 0.4) is 0 Å². The zero-order valence-corrected chi connectivity index (χ0v) is 13.7. The molecule has 1 saturated heterocycles. The van der Waals surface area contributed by atoms with Crippen molar-refractivity contribution in [3.8, 4) is 5.75 Å². The second-order valence-corrected chi connectivity index (χ2v) is 8.42. The van der Waals surface area contributed by atoms with E-state index in [9.17, 15) is 13.2 Å². The molecular formula is C15H20N2O4S. The van der Waals surface area contributed by atoms with E-state index in [0.717, 1.165) is 19.4 Å². The highest BCUT2D eigenvalue weighted by atomic mass is 32.2. The summed E-state index contributed by atoms with van der Waals surface area (Å²) in [6.07, 6.45) is 1.59. The zero-order valence-electron chi connectivity index (χ0n) is 12.9. The number of ether oxygens (including phenoxy) is 1. The Morgan fingerprint density at radius 2 is 2.09 bits per heavy atom. The van der Waals surface area contributed by atoms with Gasteiger partial charge in [-0.1, -0.05) is 0 Å². The minimum absolute atomic E-state index is 0.166. The van der Waals surface area contributed by atoms with E-state index in [0.29, 0.717) is 5.69 Å². The van der Waals surface area contributed by atoms with Gasteiger partial charge in [-0.2, -0.15) is 4.72 Å². The monoisotopic (exact) mass is 324 g/mol. The lowest BCUT2D eigenvalue weighted by molar-refractivity contribution is -0.143. The molecule has 0 saturated carbocycles. The van der Waals surface area contributed by atoms with Gasteiger partial charge in [0.15, 0.2) is 0 Å². The fourth-order valence-corrected chi connectivity index (χ4v) is 4.15. The Morgan fingerprint density at radius 1 is 1.36 bits per heavy atom. The number of hydrogen-bond donors (Lipinski definition) is 1. The number of nitrogens with zero attached hydrogens (tertiary/aromatic N) is 1. The van der Waals surface area contributed by atoms with E-state index in [1.165, 1.54) is 6.07 Å². The number of benzene rings is 1. The first kappa shape index (κ1) is 15.3. The van der Waals surface area contributed by atoms with Gasteiger partial charge in [0, 0.05) is 12.6 Å². The molecule has 3 rings (SSSR count). The van der Waals surface area contributed by atoms with Gasteiger partial charge in [-0.05, 0) is 45.7 Å². The van der Waals surface area contributed by atoms with Crippen LogP contribution in [0.2, 0.25) is 0 Å². The standard InChI is InChI=1S/C15H20N2O4S/c1-15(2,3)14(18)21-10-6-7-11-12(9-10)22(19,20)16-13-5-4-8-17(11)13/h6-7,9,13,16H,4-5,8H2,1-3H3. The van der Waals surface area contributed by atoms with Crippen LogP contribution in [0, 0.1) is 5.41 Å². The van der Waals surface area contributed by atoms with Crippen molar-refractivity contribution in [1.82, 2.24) is 4.72 Å². The number of fused-ring (bicyclic) bond motifs is 3. The summed E-state index contributed by atoms with van der Waals surface area (Å²) >= 11 is 0. The maximum absolute atomic E-state index is 12.4. The summed E-state index contributed by atoms with van der Waals surface area (Å²) in [6.45, 7) is 6.07. The summed E-state index contributed by atoms with van der Waals surface area (Å²) in [5.41, 5.74) is 0.0318. The predicted molar refractivity (Wildman–Crippen MR) is 82.2 cm³/mol. The van der Waals surface area contributed by atoms with Crippen molar-refractivity contribution in [3.63, 3.8) is 0 Å². The molecule has 2 aliphatic rings. The minimum atomic E-state index is -3.57. The number of esters is 1. The Morgan fingerprint density at radius 3 is 2.77 bits per heavy atom. The first-order valence-corrected chi connectivity index (χ1v) is 8.82. The average Bonchev–Trinajstić information content (AvgIpc) is 2.85. The van der Waals surface area contributed by atoms with Crippen LogP contribution >= 0.6 is 0 Å². The van der Waals surface area contributed by atoms with Crippen LogP contribution in [0.15, 0.2) is 23.1 Å². The van der Waals surface area contributed by atoms with Crippen LogP contribution < -0.4 is 14.4 Å². The lowest BCUT2D eigenvalue weighted by Crippen LogP contribution is -2.48. The zero-order chi connectivity index (χ0) is 16.1. The summed E-state index contributed by atoms with van der Waals surface area (Å²) in [5.74, 6) is -0.144. The SMILES string of the molecule is CC(C)(C)C(=O)Oc1ccc2c(c1)S(=O)(=O)NC1CCCN21. The Kier molecular flexibility index (Phi) is 3.45. The number of anilines is 1. The van der Waals surface area contributed by atoms with Crippen molar-refractivity contribution in [1.29, 1.82) is 0 Å². The van der Waals surface area contributed by atoms with Crippen LogP contribution in [0.25, 0.3) is 0 Å². The van der Waals surface area contributed by atoms with Gasteiger partial charge in [0.25, 0.3) is 0 Å². The minimum Gasteiger partial charge on any atom is -0.426 e. The number of rotatable bonds is 1. The molecule has 1 fully saturated rings. The topological polar surface area (TPSA) is 75.7 Å². The molecular weight excluding hydrogens is 304 g/mol. The fourth-order valence-electron chi connectivity index (χ4n) is 2.69. The fraction of sp³-hybridized carbons (Fsp3) is 0.533. The molecule has 1 N–H and O–H groups in total. The van der Waals surface area contributed by atoms with Crippen molar-refractivity contribution in [2.45, 2.75) is 44.7 Å². The molecule has 1 unspecified atom stereocenters. The number of nitrogens with one attached hydrogen (secondary N) is 1. The molecule has 0 spiro atoms. The molecule has 0 bridgehead atoms. The highest BCUT2D eigenvalue weighted by Crippen LogP contribution is 2.37. The van der Waals surface area contributed by atoms with Crippen molar-refractivity contribution < 1.29 is 17.9 Å². The van der Waals surface area contributed by atoms with Crippen molar-refractivity contribution in [3.05, 3.63) is 18.2 Å². The Balaban J connectivity index is 1.98. The van der Waals surface area contributed by atoms with Gasteiger partial charge >= 0.3 is 5.97 Å². The first-order chi connectivity index (χ1) is 10.2. The predicted octanol–water partition coefficient (Wildman–Crippen LogP) is 1.86. The molecule has 0 radical (unpaired) electrons. The Labute approximate surface area is 130 Å². The maximum Gasteiger partial charge on any atom is 0.316 e. The van der Waals surface area contributed by atoms with Gasteiger partial charge in [-0.3, -0.25) is 4.79 Å². The van der Waals surface area contributed by atoms with Crippen LogP contribution in [-0.2, 0) is 14.8 Å². The summed E-state index contributed by atoms with van der Waals surface area (Å²) in [7, 11) is -3.57. The molecule has 7 heteroatoms. The number of sulfonamides is 1. The molecule has 1 atom stereocenters. The number of carbonyl (C=O) groups excluding carboxylic acids is 1. The van der Waals surface area contributed by atoms with E-state index < -0.39 is 21.4 Å². The number of hydrogen-bond acceptors (Lipinski definition) is 5. The van der Waals surface area contributed by atoms with Gasteiger partial charge in [0.2, 0.25) is 10.0 Å². The summed E-state index contributed by atoms with van der Waals surface area (Å²) in [5, 5.41) is 0. The lowest BCUT2D eigenvalue weighted by atomic mass is 9.97. The quantitative estimate of drug-likeness (QED) is 0.630.